The van der Waals surface area contributed by atoms with Crippen LogP contribution in [0.3, 0.4) is 0 Å². The number of hydrogen-bond donors (Lipinski definition) is 4. The molecule has 0 fully saturated rings. The molecule has 0 radical (unpaired) electrons. The van der Waals surface area contributed by atoms with Crippen LogP contribution in [0.1, 0.15) is 101 Å². The summed E-state index contributed by atoms with van der Waals surface area (Å²) in [7, 11) is 1.63. The van der Waals surface area contributed by atoms with Crippen molar-refractivity contribution in [3.63, 3.8) is 0 Å². The summed E-state index contributed by atoms with van der Waals surface area (Å²) in [6.07, 6.45) is 5.30. The minimum Gasteiger partial charge on any atom is -0.497 e. The molecule has 5 heterocycles. The van der Waals surface area contributed by atoms with Gasteiger partial charge in [0, 0.05) is 179 Å². The summed E-state index contributed by atoms with van der Waals surface area (Å²) < 4.78 is 33.0. The fourth-order valence-electron chi connectivity index (χ4n) is 14.7. The highest BCUT2D eigenvalue weighted by Gasteiger charge is 2.23. The Morgan fingerprint density at radius 2 is 0.869 bits per heavy atom. The molecular weight excluding hydrogens is 1670 g/mol. The molecule has 12 aromatic rings. The molecule has 12 rings (SSSR count). The van der Waals surface area contributed by atoms with Gasteiger partial charge in [0.1, 0.15) is 42.5 Å². The number of aromatic nitrogens is 3. The minimum absolute atomic E-state index is 0.0579. The maximum atomic E-state index is 12.5. The quantitative estimate of drug-likeness (QED) is 0.00911. The van der Waals surface area contributed by atoms with Crippen molar-refractivity contribution < 1.29 is 47.0 Å². The fraction of sp³-hybridized carbons (Fsp3) is 0.426. The lowest BCUT2D eigenvalue weighted by Gasteiger charge is -2.20. The average molecular weight is 1790 g/mol. The smallest absolute Gasteiger partial charge is 0.336 e. The standard InChI is InChI=1S/C24H29Cl2N3O3.C24H29Cl2N3O2.C23H29ClN4O.C23H28ClNO5/c1-3-11-29(12-9-25)13-14-32-23(30)8-10-27-24-19-6-4-17(26)15-22(19)28-21-7-5-18(31-2)16-20(21)24;1-3-13-29(14-11-25)15-16-31-22(30)10-12-27-24-18-6-4-5-7-21(18)28-23-17(2)20(26)9-8-19(23)24;1-2-15-28(16-12-24)17-14-25-22(29)11-13-26-23-18-7-3-5-9-20(18)27-21-10-6-4-8-19(21)23;1-5-7-25(8-6-24)9-10-28-20(26)13-18-16(4)29-23-15(3)22-17(12-19(18)23)14(2)11-21(27)30-22/h4-7,15-16H,3,8-14H2,1-2H3,(H,27,28);4-9H,3,10-16H2,1-2H3,(H,27,28);3-10H,2,11-17H2,1H3,(H,25,29)(H,26,27);11-12H,5-10,13H2,1-4H3. The van der Waals surface area contributed by atoms with Crippen LogP contribution in [0, 0.1) is 27.7 Å². The van der Waals surface area contributed by atoms with Crippen LogP contribution < -0.4 is 31.6 Å². The van der Waals surface area contributed by atoms with E-state index in [2.05, 4.69) is 80.7 Å². The molecule has 654 valence electrons. The number of carbonyl (C=O) groups is 4. The number of aryl methyl sites for hydroxylation is 4. The van der Waals surface area contributed by atoms with E-state index in [1.165, 1.54) is 6.07 Å². The summed E-state index contributed by atoms with van der Waals surface area (Å²) >= 11 is 35.8. The van der Waals surface area contributed by atoms with Crippen molar-refractivity contribution in [1.29, 1.82) is 0 Å². The Balaban J connectivity index is 0.000000185. The second-order valence-corrected chi connectivity index (χ2v) is 32.0. The number of methoxy groups -OCH3 is 1. The Kier molecular flexibility index (Phi) is 40.2. The molecule has 0 saturated heterocycles. The van der Waals surface area contributed by atoms with Gasteiger partial charge in [-0.3, -0.25) is 33.9 Å². The molecule has 0 bridgehead atoms. The molecular formula is C94H115Cl6N11O11. The number of carbonyl (C=O) groups excluding carboxylic acids is 4. The Bertz CT molecular complexity index is 5430. The SMILES string of the molecule is CCCN(CCCl)CCNC(=O)CCNc1c2ccccc2nc2ccccc12.CCCN(CCCl)CCOC(=O)CCNc1c2ccc(Cl)cc2nc2ccc(OC)cc12.CCCN(CCCl)CCOC(=O)CCNc1c2ccccc2nc2c(C)c(Cl)ccc12.CCCN(CCCl)CCOC(=O)Cc1c(C)oc2c(C)c3oc(=O)cc(C)c3cc12. The number of rotatable bonds is 43. The first kappa shape index (κ1) is 96.8. The minimum atomic E-state index is -0.388. The summed E-state index contributed by atoms with van der Waals surface area (Å²) in [6.45, 7) is 29.2. The average Bonchev–Trinajstić information content (AvgIpc) is 1.52. The molecule has 122 heavy (non-hydrogen) atoms. The van der Waals surface area contributed by atoms with E-state index < -0.39 is 0 Å². The van der Waals surface area contributed by atoms with Crippen molar-refractivity contribution in [2.75, 3.05) is 171 Å². The van der Waals surface area contributed by atoms with Crippen LogP contribution in [0.2, 0.25) is 10.0 Å². The zero-order chi connectivity index (χ0) is 87.5. The number of benzene rings is 7. The largest absolute Gasteiger partial charge is 0.497 e. The number of esters is 3. The predicted octanol–water partition coefficient (Wildman–Crippen LogP) is 19.7. The van der Waals surface area contributed by atoms with Gasteiger partial charge in [-0.15, -0.1) is 46.4 Å². The van der Waals surface area contributed by atoms with E-state index in [0.717, 1.165) is 206 Å². The number of nitrogens with one attached hydrogen (secondary N) is 4. The maximum absolute atomic E-state index is 12.5. The highest BCUT2D eigenvalue weighted by Crippen LogP contribution is 2.39. The van der Waals surface area contributed by atoms with Crippen LogP contribution in [0.5, 0.6) is 5.75 Å². The molecule has 0 spiro atoms. The highest BCUT2D eigenvalue weighted by atomic mass is 35.5. The van der Waals surface area contributed by atoms with E-state index in [9.17, 15) is 24.0 Å². The Hall–Kier alpha value is -9.04. The maximum Gasteiger partial charge on any atom is 0.336 e. The van der Waals surface area contributed by atoms with Crippen molar-refractivity contribution in [2.24, 2.45) is 0 Å². The normalized spacial score (nSPS) is 11.4. The van der Waals surface area contributed by atoms with Gasteiger partial charge in [-0.1, -0.05) is 105 Å². The zero-order valence-corrected chi connectivity index (χ0v) is 76.0. The lowest BCUT2D eigenvalue weighted by Crippen LogP contribution is -2.36. The van der Waals surface area contributed by atoms with E-state index in [1.54, 1.807) is 7.11 Å². The monoisotopic (exact) mass is 1780 g/mol. The summed E-state index contributed by atoms with van der Waals surface area (Å²) in [4.78, 5) is 84.1. The van der Waals surface area contributed by atoms with Gasteiger partial charge in [0.15, 0.2) is 0 Å². The first-order chi connectivity index (χ1) is 59.2. The number of pyridine rings is 3. The molecule has 0 aliphatic heterocycles. The molecule has 0 saturated carbocycles. The van der Waals surface area contributed by atoms with Crippen LogP contribution >= 0.6 is 69.6 Å². The van der Waals surface area contributed by atoms with Gasteiger partial charge in [-0.25, -0.2) is 19.7 Å². The van der Waals surface area contributed by atoms with Gasteiger partial charge >= 0.3 is 23.5 Å². The van der Waals surface area contributed by atoms with Gasteiger partial charge in [0.05, 0.1) is 76.5 Å². The van der Waals surface area contributed by atoms with E-state index in [1.807, 2.05) is 143 Å². The van der Waals surface area contributed by atoms with E-state index in [-0.39, 0.29) is 48.7 Å². The van der Waals surface area contributed by atoms with Crippen LogP contribution in [0.25, 0.3) is 87.4 Å². The number of ether oxygens (including phenoxy) is 4. The summed E-state index contributed by atoms with van der Waals surface area (Å²) in [5.74, 6) is 3.04. The number of amides is 1. The summed E-state index contributed by atoms with van der Waals surface area (Å²) in [5, 5.41) is 22.3. The summed E-state index contributed by atoms with van der Waals surface area (Å²) in [5.41, 5.74) is 12.3. The van der Waals surface area contributed by atoms with E-state index >= 15 is 0 Å². The number of alkyl halides is 4. The second-order valence-electron chi connectivity index (χ2n) is 29.6. The molecule has 1 amide bonds. The lowest BCUT2D eigenvalue weighted by molar-refractivity contribution is -0.144. The lowest BCUT2D eigenvalue weighted by atomic mass is 10.0. The third-order valence-corrected chi connectivity index (χ3v) is 22.1. The van der Waals surface area contributed by atoms with Gasteiger partial charge < -0.3 is 53.9 Å². The number of furan rings is 1. The molecule has 22 nitrogen and oxygen atoms in total. The molecule has 0 atom stereocenters. The van der Waals surface area contributed by atoms with Crippen LogP contribution in [0.4, 0.5) is 17.1 Å². The van der Waals surface area contributed by atoms with Gasteiger partial charge in [-0.2, -0.15) is 0 Å². The predicted molar refractivity (Wildman–Crippen MR) is 504 cm³/mol. The van der Waals surface area contributed by atoms with E-state index in [0.29, 0.717) is 123 Å². The van der Waals surface area contributed by atoms with Gasteiger partial charge in [0.25, 0.3) is 0 Å². The van der Waals surface area contributed by atoms with E-state index in [4.69, 9.17) is 112 Å². The number of para-hydroxylation sites is 3. The molecule has 5 aromatic heterocycles. The van der Waals surface area contributed by atoms with Gasteiger partial charge in [-0.05, 0) is 163 Å². The van der Waals surface area contributed by atoms with Crippen molar-refractivity contribution in [3.05, 3.63) is 182 Å². The molecule has 28 heteroatoms. The third-order valence-electron chi connectivity index (χ3n) is 20.8. The Morgan fingerprint density at radius 1 is 0.418 bits per heavy atom. The van der Waals surface area contributed by atoms with Crippen LogP contribution in [-0.2, 0) is 39.8 Å². The second kappa shape index (κ2) is 50.7. The van der Waals surface area contributed by atoms with Crippen molar-refractivity contribution in [3.8, 4) is 5.75 Å². The summed E-state index contributed by atoms with van der Waals surface area (Å²) in [6, 6.07) is 42.7. The Labute approximate surface area is 745 Å². The molecule has 0 unspecified atom stereocenters. The molecule has 0 aliphatic rings. The molecule has 0 aliphatic carbocycles. The molecule has 4 N–H and O–H groups in total. The number of halogens is 6. The highest BCUT2D eigenvalue weighted by molar-refractivity contribution is 6.33. The van der Waals surface area contributed by atoms with Crippen LogP contribution in [0.15, 0.2) is 147 Å². The zero-order valence-electron chi connectivity index (χ0n) is 71.5. The van der Waals surface area contributed by atoms with Crippen molar-refractivity contribution >= 4 is 198 Å². The fourth-order valence-corrected chi connectivity index (χ4v) is 16.0. The number of nitrogens with zero attached hydrogens (tertiary/aromatic N) is 7. The van der Waals surface area contributed by atoms with Crippen molar-refractivity contribution in [2.45, 2.75) is 107 Å². The topological polar surface area (TPSA) is 248 Å². The Morgan fingerprint density at radius 3 is 1.39 bits per heavy atom. The third kappa shape index (κ3) is 28.0. The van der Waals surface area contributed by atoms with Crippen LogP contribution in [-0.4, -0.2) is 214 Å². The van der Waals surface area contributed by atoms with Gasteiger partial charge in [0.2, 0.25) is 5.91 Å². The molecule has 7 aromatic carbocycles. The number of fused-ring (bicyclic) bond motifs is 8. The first-order valence-corrected chi connectivity index (χ1v) is 44.9. The first-order valence-electron chi connectivity index (χ1n) is 42.0. The number of hydrogen-bond acceptors (Lipinski definition) is 21. The van der Waals surface area contributed by atoms with Crippen molar-refractivity contribution in [1.82, 2.24) is 39.9 Å². The number of anilines is 3.